The Kier molecular flexibility index (Phi) is 4.62. The lowest BCUT2D eigenvalue weighted by Gasteiger charge is -2.20. The van der Waals surface area contributed by atoms with Gasteiger partial charge in [-0.05, 0) is 37.0 Å². The van der Waals surface area contributed by atoms with E-state index < -0.39 is 0 Å². The Hall–Kier alpha value is -2.28. The molecule has 2 heterocycles. The molecule has 1 aliphatic heterocycles. The lowest BCUT2D eigenvalue weighted by molar-refractivity contribution is 0.252. The van der Waals surface area contributed by atoms with Crippen molar-refractivity contribution >= 4 is 11.9 Å². The largest absolute Gasteiger partial charge is 0.368 e. The number of nitrogens with two attached hydrogens (primary N) is 1. The van der Waals surface area contributed by atoms with Gasteiger partial charge in [0.1, 0.15) is 11.6 Å². The second kappa shape index (κ2) is 6.68. The fourth-order valence-corrected chi connectivity index (χ4v) is 3.17. The first-order valence-electron chi connectivity index (χ1n) is 8.09. The Bertz CT molecular complexity index is 703. The van der Waals surface area contributed by atoms with Crippen molar-refractivity contribution in [2.24, 2.45) is 0 Å². The van der Waals surface area contributed by atoms with Gasteiger partial charge in [-0.1, -0.05) is 12.1 Å². The molecule has 3 rings (SSSR count). The van der Waals surface area contributed by atoms with Crippen LogP contribution in [0.5, 0.6) is 0 Å². The summed E-state index contributed by atoms with van der Waals surface area (Å²) in [5.41, 5.74) is 6.97. The van der Waals surface area contributed by atoms with Crippen LogP contribution in [0, 0.1) is 5.82 Å². The molecule has 1 aromatic heterocycles. The first kappa shape index (κ1) is 16.6. The fraction of sp³-hybridized carbons (Fsp3) is 0.471. The summed E-state index contributed by atoms with van der Waals surface area (Å²) in [6.07, 6.45) is 1.03. The van der Waals surface area contributed by atoms with Gasteiger partial charge in [-0.2, -0.15) is 15.0 Å². The topological polar surface area (TPSA) is 71.2 Å². The van der Waals surface area contributed by atoms with E-state index in [1.54, 1.807) is 0 Å². The van der Waals surface area contributed by atoms with Crippen LogP contribution in [0.25, 0.3) is 0 Å². The molecule has 2 unspecified atom stereocenters. The van der Waals surface area contributed by atoms with Gasteiger partial charge in [-0.3, -0.25) is 4.90 Å². The molecule has 24 heavy (non-hydrogen) atoms. The molecule has 6 nitrogen and oxygen atoms in total. The Morgan fingerprint density at radius 3 is 2.58 bits per heavy atom. The zero-order valence-corrected chi connectivity index (χ0v) is 14.3. The first-order chi connectivity index (χ1) is 11.4. The highest BCUT2D eigenvalue weighted by Gasteiger charge is 2.30. The number of aromatic nitrogens is 3. The van der Waals surface area contributed by atoms with E-state index in [0.29, 0.717) is 30.3 Å². The van der Waals surface area contributed by atoms with Crippen LogP contribution >= 0.6 is 0 Å². The van der Waals surface area contributed by atoms with Crippen molar-refractivity contribution in [2.75, 3.05) is 31.3 Å². The predicted molar refractivity (Wildman–Crippen MR) is 92.2 cm³/mol. The number of anilines is 2. The molecule has 2 atom stereocenters. The molecular formula is C17H23FN6. The van der Waals surface area contributed by atoms with Gasteiger partial charge in [-0.15, -0.1) is 0 Å². The fourth-order valence-electron chi connectivity index (χ4n) is 3.17. The van der Waals surface area contributed by atoms with Gasteiger partial charge >= 0.3 is 0 Å². The van der Waals surface area contributed by atoms with Crippen molar-refractivity contribution < 1.29 is 4.39 Å². The molecule has 0 spiro atoms. The van der Waals surface area contributed by atoms with Crippen LogP contribution in [0.4, 0.5) is 16.3 Å². The molecule has 7 heteroatoms. The summed E-state index contributed by atoms with van der Waals surface area (Å²) < 4.78 is 13.1. The summed E-state index contributed by atoms with van der Waals surface area (Å²) in [6.45, 7) is 3.73. The number of nitrogens with zero attached hydrogens (tertiary/aromatic N) is 5. The van der Waals surface area contributed by atoms with Crippen LogP contribution in [0.1, 0.15) is 30.7 Å². The van der Waals surface area contributed by atoms with Gasteiger partial charge in [0, 0.05) is 26.7 Å². The normalized spacial score (nSPS) is 21.2. The van der Waals surface area contributed by atoms with Crippen LogP contribution in [0.3, 0.4) is 0 Å². The van der Waals surface area contributed by atoms with E-state index in [4.69, 9.17) is 5.73 Å². The molecule has 0 aliphatic carbocycles. The Morgan fingerprint density at radius 1 is 1.21 bits per heavy atom. The Morgan fingerprint density at radius 2 is 1.92 bits per heavy atom. The van der Waals surface area contributed by atoms with Gasteiger partial charge in [0.15, 0.2) is 0 Å². The summed E-state index contributed by atoms with van der Waals surface area (Å²) in [6, 6.07) is 7.21. The molecular weight excluding hydrogens is 307 g/mol. The number of hydrogen-bond donors (Lipinski definition) is 1. The summed E-state index contributed by atoms with van der Waals surface area (Å²) in [5.74, 6) is 1.69. The second-order valence-electron chi connectivity index (χ2n) is 6.57. The zero-order valence-electron chi connectivity index (χ0n) is 14.3. The molecule has 0 bridgehead atoms. The third-order valence-corrected chi connectivity index (χ3v) is 4.48. The number of likely N-dealkylation sites (tertiary alicyclic amines) is 1. The minimum absolute atomic E-state index is 0.196. The van der Waals surface area contributed by atoms with E-state index in [0.717, 1.165) is 13.0 Å². The zero-order chi connectivity index (χ0) is 17.3. The Balaban J connectivity index is 1.73. The minimum atomic E-state index is -0.196. The molecule has 0 amide bonds. The van der Waals surface area contributed by atoms with Crippen LogP contribution < -0.4 is 10.6 Å². The molecule has 128 valence electrons. The van der Waals surface area contributed by atoms with E-state index in [9.17, 15) is 4.39 Å². The Labute approximate surface area is 141 Å². The second-order valence-corrected chi connectivity index (χ2v) is 6.57. The lowest BCUT2D eigenvalue weighted by Crippen LogP contribution is -2.28. The maximum atomic E-state index is 13.1. The van der Waals surface area contributed by atoms with E-state index >= 15 is 0 Å². The highest BCUT2D eigenvalue weighted by atomic mass is 19.1. The van der Waals surface area contributed by atoms with Crippen LogP contribution in [0.2, 0.25) is 0 Å². The van der Waals surface area contributed by atoms with E-state index in [1.165, 1.54) is 17.7 Å². The molecule has 1 saturated heterocycles. The number of rotatable bonds is 4. The smallest absolute Gasteiger partial charge is 0.229 e. The molecule has 0 saturated carbocycles. The maximum absolute atomic E-state index is 13.1. The number of benzene rings is 1. The van der Waals surface area contributed by atoms with E-state index in [-0.39, 0.29) is 11.8 Å². The highest BCUT2D eigenvalue weighted by Crippen LogP contribution is 2.32. The van der Waals surface area contributed by atoms with Crippen molar-refractivity contribution in [2.45, 2.75) is 31.8 Å². The van der Waals surface area contributed by atoms with Gasteiger partial charge in [0.2, 0.25) is 11.9 Å². The molecule has 0 radical (unpaired) electrons. The molecule has 1 fully saturated rings. The summed E-state index contributed by atoms with van der Waals surface area (Å²) >= 11 is 0. The number of hydrogen-bond acceptors (Lipinski definition) is 6. The highest BCUT2D eigenvalue weighted by molar-refractivity contribution is 5.32. The third-order valence-electron chi connectivity index (χ3n) is 4.48. The molecule has 2 aromatic rings. The van der Waals surface area contributed by atoms with E-state index in [1.807, 2.05) is 31.1 Å². The minimum Gasteiger partial charge on any atom is -0.368 e. The molecule has 1 aliphatic rings. The van der Waals surface area contributed by atoms with Crippen molar-refractivity contribution in [1.29, 1.82) is 0 Å². The lowest BCUT2D eigenvalue weighted by atomic mass is 9.97. The number of nitrogen functional groups attached to an aromatic ring is 1. The third kappa shape index (κ3) is 3.62. The SMILES string of the molecule is CC1CC(c2ccc(F)cc2)CN1Cc1nc(N)nc(N(C)C)n1. The summed E-state index contributed by atoms with van der Waals surface area (Å²) in [5, 5.41) is 0. The summed E-state index contributed by atoms with van der Waals surface area (Å²) in [4.78, 5) is 17.0. The molecule has 2 N–H and O–H groups in total. The average molecular weight is 330 g/mol. The van der Waals surface area contributed by atoms with Gasteiger partial charge in [0.05, 0.1) is 6.54 Å². The van der Waals surface area contributed by atoms with Crippen LogP contribution in [-0.4, -0.2) is 46.5 Å². The maximum Gasteiger partial charge on any atom is 0.229 e. The standard InChI is InChI=1S/C17H23FN6/c1-11-8-13(12-4-6-14(18)7-5-12)9-24(11)10-15-20-16(19)22-17(21-15)23(2)3/h4-7,11,13H,8-10H2,1-3H3,(H2,19,20,21,22). The van der Waals surface area contributed by atoms with Gasteiger partial charge in [-0.25, -0.2) is 4.39 Å². The predicted octanol–water partition coefficient (Wildman–Crippen LogP) is 2.04. The quantitative estimate of drug-likeness (QED) is 0.925. The van der Waals surface area contributed by atoms with Crippen molar-refractivity contribution in [3.63, 3.8) is 0 Å². The van der Waals surface area contributed by atoms with Crippen LogP contribution in [-0.2, 0) is 6.54 Å². The van der Waals surface area contributed by atoms with Crippen molar-refractivity contribution in [3.05, 3.63) is 41.5 Å². The average Bonchev–Trinajstić information content (AvgIpc) is 2.88. The first-order valence-corrected chi connectivity index (χ1v) is 8.09. The molecule has 1 aromatic carbocycles. The van der Waals surface area contributed by atoms with Gasteiger partial charge < -0.3 is 10.6 Å². The monoisotopic (exact) mass is 330 g/mol. The van der Waals surface area contributed by atoms with Gasteiger partial charge in [0.25, 0.3) is 0 Å². The van der Waals surface area contributed by atoms with E-state index in [2.05, 4.69) is 26.8 Å². The summed E-state index contributed by atoms with van der Waals surface area (Å²) in [7, 11) is 3.75. The van der Waals surface area contributed by atoms with Crippen molar-refractivity contribution in [3.8, 4) is 0 Å². The van der Waals surface area contributed by atoms with Crippen molar-refractivity contribution in [1.82, 2.24) is 19.9 Å². The number of halogens is 1. The van der Waals surface area contributed by atoms with Crippen LogP contribution in [0.15, 0.2) is 24.3 Å².